The number of phenolic OH excluding ortho intramolecular Hbond substituents is 1. The van der Waals surface area contributed by atoms with Gasteiger partial charge in [-0.05, 0) is 119 Å². The highest BCUT2D eigenvalue weighted by Crippen LogP contribution is 2.59. The number of carbonyl (C=O) groups is 1. The van der Waals surface area contributed by atoms with Gasteiger partial charge in [-0.2, -0.15) is 0 Å². The highest BCUT2D eigenvalue weighted by molar-refractivity contribution is 14.1. The second-order valence-corrected chi connectivity index (χ2v) is 20.8. The smallest absolute Gasteiger partial charge is 0.178 e. The van der Waals surface area contributed by atoms with Crippen molar-refractivity contribution in [3.8, 4) is 16.2 Å². The molecule has 168 valence electrons. The predicted molar refractivity (Wildman–Crippen MR) is 164 cm³/mol. The molecule has 0 atom stereocenters. The van der Waals surface area contributed by atoms with E-state index in [0.717, 1.165) is 35.8 Å². The van der Waals surface area contributed by atoms with Gasteiger partial charge in [-0.25, -0.2) is 4.99 Å². The first-order valence-electron chi connectivity index (χ1n) is 10.2. The van der Waals surface area contributed by atoms with Crippen LogP contribution in [0.5, 0.6) is 5.75 Å². The van der Waals surface area contributed by atoms with E-state index in [9.17, 15) is 9.90 Å². The molecule has 1 aromatic carbocycles. The number of benzene rings is 1. The Bertz CT molecular complexity index is 1250. The lowest BCUT2D eigenvalue weighted by molar-refractivity contribution is -0.110. The van der Waals surface area contributed by atoms with E-state index in [1.165, 1.54) is 6.45 Å². The number of phenols is 1. The average molecular weight is 799 g/mol. The van der Waals surface area contributed by atoms with E-state index in [-0.39, 0.29) is 21.6 Å². The molecule has 8 heteroatoms. The Morgan fingerprint density at radius 2 is 1.59 bits per heavy atom. The van der Waals surface area contributed by atoms with Crippen molar-refractivity contribution in [2.24, 2.45) is 4.99 Å². The summed E-state index contributed by atoms with van der Waals surface area (Å²) in [7, 11) is -2.70. The van der Waals surface area contributed by atoms with Gasteiger partial charge in [0.05, 0.1) is 22.7 Å². The van der Waals surface area contributed by atoms with E-state index in [4.69, 9.17) is 4.99 Å². The maximum atomic E-state index is 12.6. The molecule has 0 saturated carbocycles. The third-order valence-electron chi connectivity index (χ3n) is 6.38. The number of thiophene rings is 1. The van der Waals surface area contributed by atoms with Gasteiger partial charge in [-0.15, -0.1) is 11.3 Å². The molecule has 32 heavy (non-hydrogen) atoms. The summed E-state index contributed by atoms with van der Waals surface area (Å²) in [5.41, 5.74) is 2.73. The largest absolute Gasteiger partial charge is 0.507 e. The van der Waals surface area contributed by atoms with Crippen molar-refractivity contribution in [2.45, 2.75) is 51.6 Å². The molecule has 2 aromatic rings. The van der Waals surface area contributed by atoms with Gasteiger partial charge in [-0.3, -0.25) is 4.79 Å². The topological polar surface area (TPSA) is 49.7 Å². The molecular formula is C24H24I3NO2SSi. The third-order valence-corrected chi connectivity index (χ3v) is 20.5. The van der Waals surface area contributed by atoms with Gasteiger partial charge >= 0.3 is 0 Å². The summed E-state index contributed by atoms with van der Waals surface area (Å²) in [6.45, 7) is 13.8. The molecule has 0 amide bonds. The Morgan fingerprint density at radius 3 is 2.12 bits per heavy atom. The Balaban J connectivity index is 2.28. The number of halogens is 3. The van der Waals surface area contributed by atoms with Crippen molar-refractivity contribution in [3.63, 3.8) is 0 Å². The second-order valence-electron chi connectivity index (χ2n) is 10.2. The molecule has 4 rings (SSSR count). The fourth-order valence-electron chi connectivity index (χ4n) is 5.67. The van der Waals surface area contributed by atoms with Crippen LogP contribution in [0, 0.1) is 10.0 Å². The Morgan fingerprint density at radius 1 is 0.969 bits per heavy atom. The fourth-order valence-corrected chi connectivity index (χ4v) is 17.6. The number of carbonyl (C=O) groups excluding carboxylic acids is 1. The summed E-state index contributed by atoms with van der Waals surface area (Å²) in [6, 6.07) is 3.74. The van der Waals surface area contributed by atoms with Crippen molar-refractivity contribution in [1.29, 1.82) is 0 Å². The molecule has 0 fully saturated rings. The Hall–Kier alpha value is -0.0531. The zero-order chi connectivity index (χ0) is 23.8. The van der Waals surface area contributed by atoms with Gasteiger partial charge in [0.25, 0.3) is 0 Å². The standard InChI is InChI=1S/C24H24I3NO2SSi/c1-23(2,3)32(24(4,5)6)16-11-12(29)7-8-13(16)28-14-9-10-15(30)17(21(14)32)20-18(25)19(26)22(27)31-20/h7-11,30H,1-6H3. The van der Waals surface area contributed by atoms with Crippen molar-refractivity contribution in [3.05, 3.63) is 45.6 Å². The van der Waals surface area contributed by atoms with Crippen LogP contribution in [0.25, 0.3) is 10.4 Å². The van der Waals surface area contributed by atoms with Crippen molar-refractivity contribution < 1.29 is 9.90 Å². The molecule has 1 N–H and O–H groups in total. The summed E-state index contributed by atoms with van der Waals surface area (Å²) >= 11 is 8.89. The lowest BCUT2D eigenvalue weighted by Gasteiger charge is -2.56. The first-order valence-corrected chi connectivity index (χ1v) is 16.3. The molecule has 0 spiro atoms. The maximum Gasteiger partial charge on any atom is 0.178 e. The van der Waals surface area contributed by atoms with Crippen LogP contribution in [0.2, 0.25) is 10.1 Å². The number of aliphatic imine (C=N–C) groups is 1. The number of hydrogen-bond acceptors (Lipinski definition) is 4. The molecule has 0 saturated heterocycles. The molecule has 3 nitrogen and oxygen atoms in total. The lowest BCUT2D eigenvalue weighted by Crippen LogP contribution is -2.66. The lowest BCUT2D eigenvalue weighted by atomic mass is 10.1. The number of aromatic hydroxyl groups is 1. The van der Waals surface area contributed by atoms with Crippen LogP contribution in [-0.2, 0) is 4.79 Å². The fraction of sp³-hybridized carbons (Fsp3) is 0.333. The van der Waals surface area contributed by atoms with E-state index < -0.39 is 8.07 Å². The van der Waals surface area contributed by atoms with Crippen LogP contribution in [0.4, 0.5) is 5.69 Å². The van der Waals surface area contributed by atoms with Gasteiger partial charge in [0.15, 0.2) is 5.78 Å². The quantitative estimate of drug-likeness (QED) is 0.182. The molecule has 2 heterocycles. The third kappa shape index (κ3) is 3.56. The minimum absolute atomic E-state index is 0.0179. The first-order chi connectivity index (χ1) is 14.7. The van der Waals surface area contributed by atoms with E-state index in [1.54, 1.807) is 23.5 Å². The molecule has 1 aliphatic heterocycles. The molecular weight excluding hydrogens is 775 g/mol. The Kier molecular flexibility index (Phi) is 6.47. The second kappa shape index (κ2) is 8.27. The average Bonchev–Trinajstić information content (AvgIpc) is 2.91. The van der Waals surface area contributed by atoms with Crippen molar-refractivity contribution in [1.82, 2.24) is 0 Å². The van der Waals surface area contributed by atoms with Crippen molar-refractivity contribution in [2.75, 3.05) is 0 Å². The molecule has 0 bridgehead atoms. The van der Waals surface area contributed by atoms with Gasteiger partial charge < -0.3 is 5.11 Å². The zero-order valence-electron chi connectivity index (χ0n) is 18.7. The summed E-state index contributed by atoms with van der Waals surface area (Å²) in [5.74, 6) is 0.308. The Labute approximate surface area is 235 Å². The minimum atomic E-state index is -2.70. The number of hydrogen-bond donors (Lipinski definition) is 1. The maximum absolute atomic E-state index is 12.6. The van der Waals surface area contributed by atoms with Crippen LogP contribution in [0.15, 0.2) is 40.5 Å². The number of rotatable bonds is 1. The monoisotopic (exact) mass is 799 g/mol. The van der Waals surface area contributed by atoms with Crippen LogP contribution >= 0.6 is 79.1 Å². The van der Waals surface area contributed by atoms with Crippen molar-refractivity contribution >= 4 is 110 Å². The van der Waals surface area contributed by atoms with E-state index in [0.29, 0.717) is 0 Å². The summed E-state index contributed by atoms with van der Waals surface area (Å²) in [5, 5.41) is 13.3. The predicted octanol–water partition coefficient (Wildman–Crippen LogP) is 7.88. The summed E-state index contributed by atoms with van der Waals surface area (Å²) < 4.78 is 3.60. The number of nitrogens with zero attached hydrogens (tertiary/aromatic N) is 1. The van der Waals surface area contributed by atoms with Gasteiger partial charge in [-0.1, -0.05) is 41.5 Å². The van der Waals surface area contributed by atoms with E-state index >= 15 is 0 Å². The van der Waals surface area contributed by atoms with Crippen LogP contribution in [-0.4, -0.2) is 24.7 Å². The van der Waals surface area contributed by atoms with Crippen LogP contribution < -0.4 is 5.19 Å². The molecule has 1 aromatic heterocycles. The van der Waals surface area contributed by atoms with E-state index in [1.807, 2.05) is 18.2 Å². The summed E-state index contributed by atoms with van der Waals surface area (Å²) in [6.07, 6.45) is 5.32. The van der Waals surface area contributed by atoms with Crippen LogP contribution in [0.1, 0.15) is 41.5 Å². The summed E-state index contributed by atoms with van der Waals surface area (Å²) in [4.78, 5) is 18.8. The van der Waals surface area contributed by atoms with Gasteiger partial charge in [0, 0.05) is 9.13 Å². The number of ketones is 1. The SMILES string of the molecule is CC(C)(C)[Si]1(C(C)(C)C)C2=CC(=O)C=CC2=Nc2ccc(O)c(-c3sc(I)c(I)c3I)c21. The number of allylic oxidation sites excluding steroid dienone is 4. The van der Waals surface area contributed by atoms with E-state index in [2.05, 4.69) is 109 Å². The normalized spacial score (nSPS) is 17.6. The van der Waals surface area contributed by atoms with Gasteiger partial charge in [0.1, 0.15) is 13.8 Å². The number of fused-ring (bicyclic) bond motifs is 2. The zero-order valence-corrected chi connectivity index (χ0v) is 27.0. The molecule has 0 radical (unpaired) electrons. The molecule has 1 aliphatic carbocycles. The molecule has 2 aliphatic rings. The molecule has 0 unspecified atom stereocenters. The highest BCUT2D eigenvalue weighted by atomic mass is 127. The van der Waals surface area contributed by atoms with Crippen LogP contribution in [0.3, 0.4) is 0 Å². The van der Waals surface area contributed by atoms with Gasteiger partial charge in [0.2, 0.25) is 0 Å². The first kappa shape index (κ1) is 25.1. The minimum Gasteiger partial charge on any atom is -0.507 e. The highest BCUT2D eigenvalue weighted by Gasteiger charge is 2.61.